The van der Waals surface area contributed by atoms with Gasteiger partial charge in [0.05, 0.1) is 0 Å². The minimum Gasteiger partial charge on any atom is -0.348 e. The van der Waals surface area contributed by atoms with Crippen LogP contribution in [0.15, 0.2) is 42.5 Å². The molecule has 2 N–H and O–H groups in total. The molecule has 1 aromatic heterocycles. The fourth-order valence-corrected chi connectivity index (χ4v) is 2.04. The smallest absolute Gasteiger partial charge is 0.274 e. The molecule has 120 valence electrons. The molecule has 2 amide bonds. The highest BCUT2D eigenvalue weighted by atomic mass is 35.5. The zero-order valence-corrected chi connectivity index (χ0v) is 13.7. The number of halogens is 1. The molecule has 23 heavy (non-hydrogen) atoms. The van der Waals surface area contributed by atoms with Crippen LogP contribution < -0.4 is 10.6 Å². The average molecular weight is 332 g/mol. The van der Waals surface area contributed by atoms with E-state index in [9.17, 15) is 9.59 Å². The van der Waals surface area contributed by atoms with Crippen LogP contribution in [0.3, 0.4) is 0 Å². The first kappa shape index (κ1) is 17.0. The number of nitrogens with one attached hydrogen (secondary N) is 2. The zero-order chi connectivity index (χ0) is 16.8. The lowest BCUT2D eigenvalue weighted by Gasteiger charge is -2.11. The molecule has 0 spiro atoms. The van der Waals surface area contributed by atoms with Crippen molar-refractivity contribution in [1.29, 1.82) is 0 Å². The fraction of sp³-hybridized carbons (Fsp3) is 0.235. The molecule has 0 aliphatic rings. The van der Waals surface area contributed by atoms with Gasteiger partial charge in [0.25, 0.3) is 11.8 Å². The maximum absolute atomic E-state index is 12.2. The molecular formula is C17H18ClN3O2. The van der Waals surface area contributed by atoms with E-state index in [-0.39, 0.29) is 23.3 Å². The Morgan fingerprint density at radius 3 is 2.43 bits per heavy atom. The molecule has 0 saturated heterocycles. The molecule has 2 aromatic rings. The van der Waals surface area contributed by atoms with Gasteiger partial charge in [0, 0.05) is 16.8 Å². The van der Waals surface area contributed by atoms with Crippen LogP contribution in [0.4, 0.5) is 5.69 Å². The van der Waals surface area contributed by atoms with Gasteiger partial charge in [0.2, 0.25) is 0 Å². The molecule has 0 aliphatic heterocycles. The Kier molecular flexibility index (Phi) is 5.71. The predicted molar refractivity (Wildman–Crippen MR) is 90.9 cm³/mol. The third-order valence-corrected chi connectivity index (χ3v) is 3.52. The Balaban J connectivity index is 2.12. The first-order valence-electron chi connectivity index (χ1n) is 7.34. The molecule has 1 unspecified atom stereocenters. The Morgan fingerprint density at radius 1 is 1.13 bits per heavy atom. The lowest BCUT2D eigenvalue weighted by atomic mass is 10.2. The standard InChI is InChI=1S/C17H18ClN3O2/c1-3-11(2)19-16(22)14-8-5-9-15(21-14)17(23)20-13-7-4-6-12(18)10-13/h4-11H,3H2,1-2H3,(H,19,22)(H,20,23). The molecule has 0 saturated carbocycles. The van der Waals surface area contributed by atoms with Crippen molar-refractivity contribution >= 4 is 29.1 Å². The molecule has 1 heterocycles. The number of pyridine rings is 1. The van der Waals surface area contributed by atoms with Crippen molar-refractivity contribution in [2.75, 3.05) is 5.32 Å². The number of carbonyl (C=O) groups excluding carboxylic acids is 2. The van der Waals surface area contributed by atoms with Gasteiger partial charge in [-0.2, -0.15) is 0 Å². The van der Waals surface area contributed by atoms with Crippen molar-refractivity contribution in [1.82, 2.24) is 10.3 Å². The summed E-state index contributed by atoms with van der Waals surface area (Å²) in [4.78, 5) is 28.4. The van der Waals surface area contributed by atoms with Crippen molar-refractivity contribution in [3.63, 3.8) is 0 Å². The molecule has 1 aromatic carbocycles. The van der Waals surface area contributed by atoms with Crippen LogP contribution in [0.5, 0.6) is 0 Å². The molecule has 5 nitrogen and oxygen atoms in total. The summed E-state index contributed by atoms with van der Waals surface area (Å²) in [5, 5.41) is 6.04. The monoisotopic (exact) mass is 331 g/mol. The van der Waals surface area contributed by atoms with Crippen molar-refractivity contribution in [2.24, 2.45) is 0 Å². The average Bonchev–Trinajstić information content (AvgIpc) is 2.54. The van der Waals surface area contributed by atoms with Gasteiger partial charge in [0.1, 0.15) is 11.4 Å². The molecule has 2 rings (SSSR count). The van der Waals surface area contributed by atoms with Gasteiger partial charge in [-0.05, 0) is 43.7 Å². The number of amides is 2. The fourth-order valence-electron chi connectivity index (χ4n) is 1.85. The summed E-state index contributed by atoms with van der Waals surface area (Å²) in [7, 11) is 0. The van der Waals surface area contributed by atoms with E-state index in [0.717, 1.165) is 6.42 Å². The van der Waals surface area contributed by atoms with Crippen LogP contribution in [0.2, 0.25) is 5.02 Å². The molecule has 6 heteroatoms. The second-order valence-corrected chi connectivity index (χ2v) is 5.59. The summed E-state index contributed by atoms with van der Waals surface area (Å²) in [5.41, 5.74) is 0.949. The van der Waals surface area contributed by atoms with E-state index in [2.05, 4.69) is 15.6 Å². The summed E-state index contributed by atoms with van der Waals surface area (Å²) in [6, 6.07) is 11.6. The Bertz CT molecular complexity index is 718. The van der Waals surface area contributed by atoms with E-state index < -0.39 is 5.91 Å². The van der Waals surface area contributed by atoms with Gasteiger partial charge in [-0.3, -0.25) is 9.59 Å². The predicted octanol–water partition coefficient (Wildman–Crippen LogP) is 3.52. The SMILES string of the molecule is CCC(C)NC(=O)c1cccc(C(=O)Nc2cccc(Cl)c2)n1. The molecule has 0 fully saturated rings. The Morgan fingerprint density at radius 2 is 1.78 bits per heavy atom. The maximum atomic E-state index is 12.2. The van der Waals surface area contributed by atoms with E-state index >= 15 is 0 Å². The molecule has 0 aliphatic carbocycles. The molecule has 0 radical (unpaired) electrons. The summed E-state index contributed by atoms with van der Waals surface area (Å²) < 4.78 is 0. The summed E-state index contributed by atoms with van der Waals surface area (Å²) in [5.74, 6) is -0.692. The van der Waals surface area contributed by atoms with Crippen molar-refractivity contribution < 1.29 is 9.59 Å². The topological polar surface area (TPSA) is 71.1 Å². The third kappa shape index (κ3) is 4.79. The number of anilines is 1. The molecule has 0 bridgehead atoms. The maximum Gasteiger partial charge on any atom is 0.274 e. The van der Waals surface area contributed by atoms with Crippen LogP contribution in [0.25, 0.3) is 0 Å². The van der Waals surface area contributed by atoms with Crippen molar-refractivity contribution in [3.8, 4) is 0 Å². The Labute approximate surface area is 140 Å². The van der Waals surface area contributed by atoms with E-state index in [1.54, 1.807) is 42.5 Å². The summed E-state index contributed by atoms with van der Waals surface area (Å²) >= 11 is 5.88. The first-order valence-corrected chi connectivity index (χ1v) is 7.72. The zero-order valence-electron chi connectivity index (χ0n) is 13.0. The van der Waals surface area contributed by atoms with Crippen LogP contribution in [-0.2, 0) is 0 Å². The van der Waals surface area contributed by atoms with Crippen LogP contribution in [0, 0.1) is 0 Å². The van der Waals surface area contributed by atoms with Gasteiger partial charge >= 0.3 is 0 Å². The van der Waals surface area contributed by atoms with E-state index in [0.29, 0.717) is 10.7 Å². The highest BCUT2D eigenvalue weighted by Crippen LogP contribution is 2.15. The van der Waals surface area contributed by atoms with Gasteiger partial charge in [0.15, 0.2) is 0 Å². The van der Waals surface area contributed by atoms with E-state index in [1.807, 2.05) is 13.8 Å². The summed E-state index contributed by atoms with van der Waals surface area (Å²) in [6.45, 7) is 3.89. The number of aromatic nitrogens is 1. The number of rotatable bonds is 5. The summed E-state index contributed by atoms with van der Waals surface area (Å²) in [6.07, 6.45) is 0.820. The van der Waals surface area contributed by atoms with E-state index in [4.69, 9.17) is 11.6 Å². The number of hydrogen-bond donors (Lipinski definition) is 2. The second-order valence-electron chi connectivity index (χ2n) is 5.16. The molecular weight excluding hydrogens is 314 g/mol. The third-order valence-electron chi connectivity index (χ3n) is 3.29. The lowest BCUT2D eigenvalue weighted by molar-refractivity contribution is 0.0934. The van der Waals surface area contributed by atoms with Crippen LogP contribution in [-0.4, -0.2) is 22.8 Å². The van der Waals surface area contributed by atoms with Crippen molar-refractivity contribution in [3.05, 3.63) is 58.9 Å². The number of nitrogens with zero attached hydrogens (tertiary/aromatic N) is 1. The van der Waals surface area contributed by atoms with Gasteiger partial charge in [-0.1, -0.05) is 30.7 Å². The molecule has 1 atom stereocenters. The first-order chi connectivity index (χ1) is 11.0. The highest BCUT2D eigenvalue weighted by Gasteiger charge is 2.14. The van der Waals surface area contributed by atoms with Crippen LogP contribution in [0.1, 0.15) is 41.2 Å². The Hall–Kier alpha value is -2.40. The van der Waals surface area contributed by atoms with Gasteiger partial charge in [-0.15, -0.1) is 0 Å². The normalized spacial score (nSPS) is 11.6. The lowest BCUT2D eigenvalue weighted by Crippen LogP contribution is -2.32. The van der Waals surface area contributed by atoms with E-state index in [1.165, 1.54) is 0 Å². The number of hydrogen-bond acceptors (Lipinski definition) is 3. The largest absolute Gasteiger partial charge is 0.348 e. The van der Waals surface area contributed by atoms with Gasteiger partial charge in [-0.25, -0.2) is 4.98 Å². The number of carbonyl (C=O) groups is 2. The number of benzene rings is 1. The van der Waals surface area contributed by atoms with Gasteiger partial charge < -0.3 is 10.6 Å². The highest BCUT2D eigenvalue weighted by molar-refractivity contribution is 6.30. The minimum absolute atomic E-state index is 0.0493. The quantitative estimate of drug-likeness (QED) is 0.880. The minimum atomic E-state index is -0.398. The van der Waals surface area contributed by atoms with Crippen molar-refractivity contribution in [2.45, 2.75) is 26.3 Å². The van der Waals surface area contributed by atoms with Crippen LogP contribution >= 0.6 is 11.6 Å². The second kappa shape index (κ2) is 7.74.